The first-order chi connectivity index (χ1) is 8.73. The molecule has 0 spiro atoms. The third-order valence-corrected chi connectivity index (χ3v) is 3.95. The minimum Gasteiger partial charge on any atom is -0.381 e. The highest BCUT2D eigenvalue weighted by Gasteiger charge is 2.26. The Morgan fingerprint density at radius 1 is 1.39 bits per heavy atom. The Morgan fingerprint density at radius 3 is 2.89 bits per heavy atom. The molecule has 2 rings (SSSR count). The molecule has 0 aliphatic carbocycles. The number of ether oxygens (including phenoxy) is 1. The fourth-order valence-electron chi connectivity index (χ4n) is 2.60. The maximum Gasteiger partial charge on any atom is 0.0471 e. The van der Waals surface area contributed by atoms with Crippen molar-refractivity contribution in [2.24, 2.45) is 5.41 Å². The van der Waals surface area contributed by atoms with Gasteiger partial charge in [0.1, 0.15) is 0 Å². The van der Waals surface area contributed by atoms with Crippen LogP contribution in [0, 0.1) is 5.41 Å². The molecule has 0 atom stereocenters. The van der Waals surface area contributed by atoms with E-state index in [-0.39, 0.29) is 0 Å². The highest BCUT2D eigenvalue weighted by molar-refractivity contribution is 5.07. The molecule has 1 fully saturated rings. The molecule has 1 saturated heterocycles. The average Bonchev–Trinajstić information content (AvgIpc) is 2.78. The van der Waals surface area contributed by atoms with E-state index >= 15 is 0 Å². The molecule has 0 unspecified atom stereocenters. The van der Waals surface area contributed by atoms with Gasteiger partial charge >= 0.3 is 0 Å². The van der Waals surface area contributed by atoms with Crippen molar-refractivity contribution in [1.82, 2.24) is 9.88 Å². The summed E-state index contributed by atoms with van der Waals surface area (Å²) in [5, 5.41) is 3.62. The minimum atomic E-state index is 0.417. The summed E-state index contributed by atoms with van der Waals surface area (Å²) in [6.07, 6.45) is 5.72. The van der Waals surface area contributed by atoms with Crippen molar-refractivity contribution >= 4 is 0 Å². The van der Waals surface area contributed by atoms with E-state index in [0.29, 0.717) is 5.41 Å². The standard InChI is InChI=1S/C15H26N2O/c1-3-8-17-9-4-5-14(17)12-16-13-15(2)6-10-18-11-7-15/h4-5,9,16H,3,6-8,10-13H2,1-2H3. The van der Waals surface area contributed by atoms with Gasteiger partial charge in [-0.25, -0.2) is 0 Å². The Balaban J connectivity index is 1.78. The van der Waals surface area contributed by atoms with Crippen LogP contribution in [0.15, 0.2) is 18.3 Å². The molecule has 1 N–H and O–H groups in total. The summed E-state index contributed by atoms with van der Waals surface area (Å²) in [6, 6.07) is 4.36. The summed E-state index contributed by atoms with van der Waals surface area (Å²) in [5.74, 6) is 0. The van der Waals surface area contributed by atoms with Crippen molar-refractivity contribution in [2.45, 2.75) is 46.2 Å². The molecule has 1 aromatic rings. The van der Waals surface area contributed by atoms with Gasteiger partial charge in [-0.3, -0.25) is 0 Å². The molecule has 1 aliphatic rings. The smallest absolute Gasteiger partial charge is 0.0471 e. The molecular formula is C15H26N2O. The zero-order valence-electron chi connectivity index (χ0n) is 11.7. The first kappa shape index (κ1) is 13.6. The molecule has 1 aliphatic heterocycles. The van der Waals surface area contributed by atoms with Gasteiger partial charge in [-0.15, -0.1) is 0 Å². The first-order valence-electron chi connectivity index (χ1n) is 7.16. The number of nitrogens with zero attached hydrogens (tertiary/aromatic N) is 1. The van der Waals surface area contributed by atoms with E-state index in [1.54, 1.807) is 0 Å². The monoisotopic (exact) mass is 250 g/mol. The van der Waals surface area contributed by atoms with Gasteiger partial charge in [-0.1, -0.05) is 13.8 Å². The van der Waals surface area contributed by atoms with Crippen molar-refractivity contribution in [3.05, 3.63) is 24.0 Å². The Hall–Kier alpha value is -0.800. The normalized spacial score (nSPS) is 19.0. The lowest BCUT2D eigenvalue weighted by atomic mass is 9.82. The molecule has 3 heteroatoms. The van der Waals surface area contributed by atoms with E-state index < -0.39 is 0 Å². The number of rotatable bonds is 6. The van der Waals surface area contributed by atoms with Gasteiger partial charge in [0.05, 0.1) is 0 Å². The average molecular weight is 250 g/mol. The second-order valence-corrected chi connectivity index (χ2v) is 5.72. The van der Waals surface area contributed by atoms with Crippen LogP contribution in [0.3, 0.4) is 0 Å². The van der Waals surface area contributed by atoms with Crippen LogP contribution < -0.4 is 5.32 Å². The Labute approximate surface area is 111 Å². The van der Waals surface area contributed by atoms with E-state index in [1.165, 1.54) is 25.0 Å². The van der Waals surface area contributed by atoms with Gasteiger partial charge in [0.15, 0.2) is 0 Å². The van der Waals surface area contributed by atoms with Crippen molar-refractivity contribution in [2.75, 3.05) is 19.8 Å². The summed E-state index contributed by atoms with van der Waals surface area (Å²) >= 11 is 0. The molecule has 18 heavy (non-hydrogen) atoms. The van der Waals surface area contributed by atoms with Gasteiger partial charge in [0, 0.05) is 44.7 Å². The second-order valence-electron chi connectivity index (χ2n) is 5.72. The number of aromatic nitrogens is 1. The lowest BCUT2D eigenvalue weighted by Gasteiger charge is -2.33. The van der Waals surface area contributed by atoms with Gasteiger partial charge in [-0.05, 0) is 36.8 Å². The molecule has 0 radical (unpaired) electrons. The quantitative estimate of drug-likeness (QED) is 0.840. The van der Waals surface area contributed by atoms with Crippen molar-refractivity contribution in [1.29, 1.82) is 0 Å². The Kier molecular flexibility index (Phi) is 4.84. The lowest BCUT2D eigenvalue weighted by Crippen LogP contribution is -2.36. The molecule has 1 aromatic heterocycles. The molecule has 0 aromatic carbocycles. The van der Waals surface area contributed by atoms with Crippen LogP contribution in [-0.4, -0.2) is 24.3 Å². The minimum absolute atomic E-state index is 0.417. The zero-order chi connectivity index (χ0) is 12.8. The van der Waals surface area contributed by atoms with Gasteiger partial charge < -0.3 is 14.6 Å². The Bertz CT molecular complexity index is 353. The van der Waals surface area contributed by atoms with E-state index in [4.69, 9.17) is 4.74 Å². The van der Waals surface area contributed by atoms with Crippen LogP contribution in [0.4, 0.5) is 0 Å². The van der Waals surface area contributed by atoms with E-state index in [1.807, 2.05) is 0 Å². The Morgan fingerprint density at radius 2 is 2.17 bits per heavy atom. The van der Waals surface area contributed by atoms with Crippen molar-refractivity contribution in [3.8, 4) is 0 Å². The first-order valence-corrected chi connectivity index (χ1v) is 7.16. The molecule has 102 valence electrons. The van der Waals surface area contributed by atoms with Gasteiger partial charge in [0.25, 0.3) is 0 Å². The highest BCUT2D eigenvalue weighted by atomic mass is 16.5. The van der Waals surface area contributed by atoms with Gasteiger partial charge in [0.2, 0.25) is 0 Å². The second kappa shape index (κ2) is 6.39. The molecule has 2 heterocycles. The van der Waals surface area contributed by atoms with Crippen molar-refractivity contribution in [3.63, 3.8) is 0 Å². The highest BCUT2D eigenvalue weighted by Crippen LogP contribution is 2.28. The SMILES string of the molecule is CCCn1cccc1CNCC1(C)CCOCC1. The summed E-state index contributed by atoms with van der Waals surface area (Å²) in [5.41, 5.74) is 1.81. The van der Waals surface area contributed by atoms with Crippen LogP contribution in [0.5, 0.6) is 0 Å². The number of hydrogen-bond donors (Lipinski definition) is 1. The maximum absolute atomic E-state index is 5.44. The summed E-state index contributed by atoms with van der Waals surface area (Å²) in [6.45, 7) is 9.62. The molecule has 0 bridgehead atoms. The fourth-order valence-corrected chi connectivity index (χ4v) is 2.60. The largest absolute Gasteiger partial charge is 0.381 e. The topological polar surface area (TPSA) is 26.2 Å². The number of nitrogens with one attached hydrogen (secondary N) is 1. The third-order valence-electron chi connectivity index (χ3n) is 3.95. The van der Waals surface area contributed by atoms with Crippen LogP contribution in [0.1, 0.15) is 38.8 Å². The van der Waals surface area contributed by atoms with E-state index in [2.05, 4.69) is 42.1 Å². The van der Waals surface area contributed by atoms with Gasteiger partial charge in [-0.2, -0.15) is 0 Å². The van der Waals surface area contributed by atoms with Crippen LogP contribution >= 0.6 is 0 Å². The van der Waals surface area contributed by atoms with Crippen LogP contribution in [0.2, 0.25) is 0 Å². The maximum atomic E-state index is 5.44. The van der Waals surface area contributed by atoms with E-state index in [0.717, 1.165) is 32.8 Å². The van der Waals surface area contributed by atoms with E-state index in [9.17, 15) is 0 Å². The summed E-state index contributed by atoms with van der Waals surface area (Å²) < 4.78 is 7.78. The molecule has 3 nitrogen and oxygen atoms in total. The fraction of sp³-hybridized carbons (Fsp3) is 0.733. The molecular weight excluding hydrogens is 224 g/mol. The predicted molar refractivity (Wildman–Crippen MR) is 74.6 cm³/mol. The number of hydrogen-bond acceptors (Lipinski definition) is 2. The summed E-state index contributed by atoms with van der Waals surface area (Å²) in [4.78, 5) is 0. The number of aryl methyl sites for hydroxylation is 1. The molecule has 0 amide bonds. The predicted octanol–water partition coefficient (Wildman–Crippen LogP) is 2.80. The third kappa shape index (κ3) is 3.59. The lowest BCUT2D eigenvalue weighted by molar-refractivity contribution is 0.0239. The zero-order valence-corrected chi connectivity index (χ0v) is 11.7. The van der Waals surface area contributed by atoms with Crippen LogP contribution in [-0.2, 0) is 17.8 Å². The molecule has 0 saturated carbocycles. The summed E-state index contributed by atoms with van der Waals surface area (Å²) in [7, 11) is 0. The van der Waals surface area contributed by atoms with Crippen molar-refractivity contribution < 1.29 is 4.74 Å². The van der Waals surface area contributed by atoms with Crippen LogP contribution in [0.25, 0.3) is 0 Å².